The summed E-state index contributed by atoms with van der Waals surface area (Å²) in [6.45, 7) is 4.42. The van der Waals surface area contributed by atoms with Crippen LogP contribution in [0.3, 0.4) is 0 Å². The molecule has 4 rings (SSSR count). The molecular formula is C25H29ClF2N4O2. The van der Waals surface area contributed by atoms with Gasteiger partial charge in [0.1, 0.15) is 11.6 Å². The molecule has 0 aromatic heterocycles. The Bertz CT molecular complexity index is 1020. The summed E-state index contributed by atoms with van der Waals surface area (Å²) in [5.74, 6) is -2.13. The maximum Gasteiger partial charge on any atom is 0.256 e. The highest BCUT2D eigenvalue weighted by Crippen LogP contribution is 2.29. The van der Waals surface area contributed by atoms with Crippen molar-refractivity contribution >= 4 is 23.4 Å². The van der Waals surface area contributed by atoms with Crippen molar-refractivity contribution in [3.05, 3.63) is 70.2 Å². The Balaban J connectivity index is 1.28. The van der Waals surface area contributed by atoms with Crippen molar-refractivity contribution < 1.29 is 18.4 Å². The topological polar surface area (TPSA) is 55.9 Å². The molecule has 1 N–H and O–H groups in total. The zero-order valence-electron chi connectivity index (χ0n) is 19.0. The van der Waals surface area contributed by atoms with Gasteiger partial charge in [-0.25, -0.2) is 8.78 Å². The van der Waals surface area contributed by atoms with E-state index in [1.54, 1.807) is 0 Å². The molecule has 0 saturated carbocycles. The average Bonchev–Trinajstić information content (AvgIpc) is 3.35. The molecule has 2 amide bonds. The molecule has 1 atom stereocenters. The highest BCUT2D eigenvalue weighted by atomic mass is 35.5. The van der Waals surface area contributed by atoms with Gasteiger partial charge >= 0.3 is 0 Å². The van der Waals surface area contributed by atoms with Gasteiger partial charge in [-0.1, -0.05) is 29.8 Å². The monoisotopic (exact) mass is 490 g/mol. The van der Waals surface area contributed by atoms with E-state index >= 15 is 0 Å². The molecule has 0 spiro atoms. The van der Waals surface area contributed by atoms with E-state index in [1.807, 2.05) is 29.2 Å². The molecule has 2 fully saturated rings. The summed E-state index contributed by atoms with van der Waals surface area (Å²) in [4.78, 5) is 31.1. The Hall–Kier alpha value is -2.55. The second-order valence-corrected chi connectivity index (χ2v) is 9.18. The first-order valence-electron chi connectivity index (χ1n) is 11.6. The molecule has 2 saturated heterocycles. The molecule has 2 aliphatic heterocycles. The van der Waals surface area contributed by atoms with Gasteiger partial charge in [-0.2, -0.15) is 0 Å². The number of hydrogen-bond donors (Lipinski definition) is 1. The number of nitrogens with zero attached hydrogens (tertiary/aromatic N) is 3. The number of hydrogen-bond acceptors (Lipinski definition) is 4. The number of benzene rings is 2. The lowest BCUT2D eigenvalue weighted by molar-refractivity contribution is -0.122. The second kappa shape index (κ2) is 11.3. The van der Waals surface area contributed by atoms with Crippen molar-refractivity contribution in [2.24, 2.45) is 0 Å². The first-order valence-corrected chi connectivity index (χ1v) is 12.0. The summed E-state index contributed by atoms with van der Waals surface area (Å²) in [5.41, 5.74) is 0.881. The summed E-state index contributed by atoms with van der Waals surface area (Å²) >= 11 is 6.45. The van der Waals surface area contributed by atoms with E-state index in [1.165, 1.54) is 11.0 Å². The maximum absolute atomic E-state index is 14.0. The third kappa shape index (κ3) is 5.92. The molecule has 2 aliphatic rings. The Morgan fingerprint density at radius 3 is 2.35 bits per heavy atom. The number of likely N-dealkylation sites (tertiary alicyclic amines) is 1. The van der Waals surface area contributed by atoms with Gasteiger partial charge in [0.25, 0.3) is 5.91 Å². The summed E-state index contributed by atoms with van der Waals surface area (Å²) in [5, 5.41) is 3.76. The largest absolute Gasteiger partial charge is 0.353 e. The van der Waals surface area contributed by atoms with Crippen LogP contribution in [0.1, 0.15) is 34.8 Å². The van der Waals surface area contributed by atoms with Crippen LogP contribution < -0.4 is 5.32 Å². The van der Waals surface area contributed by atoms with E-state index in [4.69, 9.17) is 11.6 Å². The van der Waals surface area contributed by atoms with E-state index < -0.39 is 17.5 Å². The SMILES string of the molecule is O=C(CN1CCN(C(=O)c2ccc(F)cc2F)CC1)NCC(c1ccccc1Cl)N1CCCC1. The van der Waals surface area contributed by atoms with Crippen molar-refractivity contribution in [1.82, 2.24) is 20.0 Å². The zero-order chi connectivity index (χ0) is 24.1. The Kier molecular flexibility index (Phi) is 8.13. The fourth-order valence-corrected chi connectivity index (χ4v) is 4.91. The van der Waals surface area contributed by atoms with Crippen LogP contribution in [0.25, 0.3) is 0 Å². The van der Waals surface area contributed by atoms with Crippen LogP contribution in [0.5, 0.6) is 0 Å². The van der Waals surface area contributed by atoms with E-state index in [2.05, 4.69) is 10.2 Å². The van der Waals surface area contributed by atoms with Crippen molar-refractivity contribution in [2.75, 3.05) is 52.4 Å². The number of nitrogens with one attached hydrogen (secondary N) is 1. The fourth-order valence-electron chi connectivity index (χ4n) is 4.65. The van der Waals surface area contributed by atoms with E-state index in [0.29, 0.717) is 43.8 Å². The van der Waals surface area contributed by atoms with Gasteiger partial charge in [0.15, 0.2) is 0 Å². The van der Waals surface area contributed by atoms with Gasteiger partial charge in [-0.05, 0) is 49.7 Å². The van der Waals surface area contributed by atoms with Crippen LogP contribution in [0.2, 0.25) is 5.02 Å². The molecule has 2 aromatic rings. The van der Waals surface area contributed by atoms with Crippen molar-refractivity contribution in [3.63, 3.8) is 0 Å². The van der Waals surface area contributed by atoms with E-state index in [0.717, 1.165) is 37.6 Å². The smallest absolute Gasteiger partial charge is 0.256 e. The van der Waals surface area contributed by atoms with Gasteiger partial charge in [0, 0.05) is 43.8 Å². The van der Waals surface area contributed by atoms with Crippen LogP contribution in [0, 0.1) is 11.6 Å². The van der Waals surface area contributed by atoms with Crippen LogP contribution in [0.15, 0.2) is 42.5 Å². The lowest BCUT2D eigenvalue weighted by Crippen LogP contribution is -2.51. The molecule has 0 aliphatic carbocycles. The van der Waals surface area contributed by atoms with Crippen LogP contribution in [0.4, 0.5) is 8.78 Å². The molecule has 2 heterocycles. The number of carbonyl (C=O) groups is 2. The Labute approximate surface area is 203 Å². The molecule has 6 nitrogen and oxygen atoms in total. The molecule has 9 heteroatoms. The van der Waals surface area contributed by atoms with Crippen LogP contribution in [-0.2, 0) is 4.79 Å². The molecule has 182 valence electrons. The van der Waals surface area contributed by atoms with Gasteiger partial charge in [0.2, 0.25) is 5.91 Å². The standard InChI is InChI=1S/C25H29ClF2N4O2/c26-21-6-2-1-5-19(21)23(31-9-3-4-10-31)16-29-24(33)17-30-11-13-32(14-12-30)25(34)20-8-7-18(27)15-22(20)28/h1-2,5-8,15,23H,3-4,9-14,16-17H2,(H,29,33). The van der Waals surface area contributed by atoms with Crippen molar-refractivity contribution in [1.29, 1.82) is 0 Å². The normalized spacial score (nSPS) is 18.1. The minimum atomic E-state index is -0.863. The lowest BCUT2D eigenvalue weighted by Gasteiger charge is -2.34. The third-order valence-corrected chi connectivity index (χ3v) is 6.87. The summed E-state index contributed by atoms with van der Waals surface area (Å²) in [6, 6.07) is 10.7. The molecule has 2 aromatic carbocycles. The number of amides is 2. The summed E-state index contributed by atoms with van der Waals surface area (Å²) in [6.07, 6.45) is 2.28. The minimum absolute atomic E-state index is 0.0280. The summed E-state index contributed by atoms with van der Waals surface area (Å²) < 4.78 is 27.1. The van der Waals surface area contributed by atoms with Crippen molar-refractivity contribution in [2.45, 2.75) is 18.9 Å². The van der Waals surface area contributed by atoms with E-state index in [9.17, 15) is 18.4 Å². The predicted molar refractivity (Wildman–Crippen MR) is 127 cm³/mol. The quantitative estimate of drug-likeness (QED) is 0.647. The van der Waals surface area contributed by atoms with Gasteiger partial charge < -0.3 is 10.2 Å². The Morgan fingerprint density at radius 1 is 0.971 bits per heavy atom. The van der Waals surface area contributed by atoms with E-state index in [-0.39, 0.29) is 24.1 Å². The molecule has 1 unspecified atom stereocenters. The highest BCUT2D eigenvalue weighted by Gasteiger charge is 2.27. The average molecular weight is 491 g/mol. The van der Waals surface area contributed by atoms with Crippen molar-refractivity contribution in [3.8, 4) is 0 Å². The lowest BCUT2D eigenvalue weighted by atomic mass is 10.1. The zero-order valence-corrected chi connectivity index (χ0v) is 19.7. The molecule has 0 bridgehead atoms. The number of halogens is 3. The third-order valence-electron chi connectivity index (χ3n) is 6.53. The molecular weight excluding hydrogens is 462 g/mol. The summed E-state index contributed by atoms with van der Waals surface area (Å²) in [7, 11) is 0. The van der Waals surface area contributed by atoms with Crippen LogP contribution >= 0.6 is 11.6 Å². The van der Waals surface area contributed by atoms with Gasteiger partial charge in [-0.3, -0.25) is 19.4 Å². The number of piperazine rings is 1. The number of carbonyl (C=O) groups excluding carboxylic acids is 2. The van der Waals surface area contributed by atoms with Crippen LogP contribution in [-0.4, -0.2) is 78.9 Å². The maximum atomic E-state index is 14.0. The van der Waals surface area contributed by atoms with Gasteiger partial charge in [-0.15, -0.1) is 0 Å². The highest BCUT2D eigenvalue weighted by molar-refractivity contribution is 6.31. The minimum Gasteiger partial charge on any atom is -0.353 e. The fraction of sp³-hybridized carbons (Fsp3) is 0.440. The molecule has 34 heavy (non-hydrogen) atoms. The Morgan fingerprint density at radius 2 is 1.68 bits per heavy atom. The second-order valence-electron chi connectivity index (χ2n) is 8.78. The van der Waals surface area contributed by atoms with Gasteiger partial charge in [0.05, 0.1) is 18.2 Å². The number of rotatable bonds is 7. The molecule has 0 radical (unpaired) electrons. The first kappa shape index (κ1) is 24.6. The predicted octanol–water partition coefficient (Wildman–Crippen LogP) is 3.33. The first-order chi connectivity index (χ1) is 16.4.